The third-order valence-corrected chi connectivity index (χ3v) is 2.98. The maximum absolute atomic E-state index is 11.3. The minimum atomic E-state index is -0.867. The van der Waals surface area contributed by atoms with E-state index in [0.29, 0.717) is 0 Å². The fraction of sp³-hybridized carbons (Fsp3) is 0.778. The van der Waals surface area contributed by atoms with Gasteiger partial charge in [-0.1, -0.05) is 0 Å². The van der Waals surface area contributed by atoms with E-state index in [1.807, 2.05) is 0 Å². The number of aliphatic hydroxyl groups excluding tert-OH is 1. The van der Waals surface area contributed by atoms with Crippen LogP contribution in [0.5, 0.6) is 0 Å². The first-order valence-electron chi connectivity index (χ1n) is 4.48. The van der Waals surface area contributed by atoms with E-state index >= 15 is 0 Å². The smallest absolute Gasteiger partial charge is 0.307 e. The van der Waals surface area contributed by atoms with Gasteiger partial charge in [0.2, 0.25) is 5.91 Å². The van der Waals surface area contributed by atoms with Crippen molar-refractivity contribution >= 4 is 11.9 Å². The number of methoxy groups -OCH3 is 1. The Labute approximate surface area is 82.4 Å². The van der Waals surface area contributed by atoms with Crippen LogP contribution in [-0.4, -0.2) is 36.2 Å². The quantitative estimate of drug-likeness (QED) is 0.474. The van der Waals surface area contributed by atoms with Gasteiger partial charge in [0.05, 0.1) is 31.1 Å². The first-order valence-corrected chi connectivity index (χ1v) is 4.48. The van der Waals surface area contributed by atoms with E-state index in [1.54, 1.807) is 13.8 Å². The van der Waals surface area contributed by atoms with Gasteiger partial charge in [0.1, 0.15) is 0 Å². The Bertz CT molecular complexity index is 264. The standard InChI is InChI=1S/C9H15NO4/c1-5(11)9(2)6(10-8(9)13)4-7(12)14-3/h5-6,11H,4H2,1-3H3,(H,10,13)/t5?,6?,9-/m1/s1. The number of β-lactam (4-membered cyclic amide) rings is 1. The summed E-state index contributed by atoms with van der Waals surface area (Å²) in [6, 6.07) is -0.331. The van der Waals surface area contributed by atoms with Crippen LogP contribution in [0.2, 0.25) is 0 Å². The predicted octanol–water partition coefficient (Wildman–Crippen LogP) is -0.565. The van der Waals surface area contributed by atoms with E-state index in [2.05, 4.69) is 10.1 Å². The van der Waals surface area contributed by atoms with Crippen LogP contribution in [-0.2, 0) is 14.3 Å². The first-order chi connectivity index (χ1) is 6.42. The summed E-state index contributed by atoms with van der Waals surface area (Å²) < 4.78 is 4.49. The monoisotopic (exact) mass is 201 g/mol. The second kappa shape index (κ2) is 3.57. The second-order valence-electron chi connectivity index (χ2n) is 3.76. The number of ether oxygens (including phenoxy) is 1. The highest BCUT2D eigenvalue weighted by atomic mass is 16.5. The molecule has 0 aliphatic carbocycles. The number of esters is 1. The molecule has 3 atom stereocenters. The lowest BCUT2D eigenvalue weighted by Gasteiger charge is -2.47. The Hall–Kier alpha value is -1.10. The Morgan fingerprint density at radius 3 is 2.71 bits per heavy atom. The molecule has 0 bridgehead atoms. The van der Waals surface area contributed by atoms with Crippen LogP contribution in [0.3, 0.4) is 0 Å². The maximum atomic E-state index is 11.3. The molecule has 1 fully saturated rings. The van der Waals surface area contributed by atoms with Gasteiger partial charge in [-0.05, 0) is 13.8 Å². The fourth-order valence-electron chi connectivity index (χ4n) is 1.54. The van der Waals surface area contributed by atoms with Crippen LogP contribution in [0.4, 0.5) is 0 Å². The molecule has 1 amide bonds. The minimum Gasteiger partial charge on any atom is -0.469 e. The van der Waals surface area contributed by atoms with E-state index in [9.17, 15) is 14.7 Å². The molecule has 80 valence electrons. The lowest BCUT2D eigenvalue weighted by molar-refractivity contribution is -0.159. The molecule has 1 aliphatic rings. The normalized spacial score (nSPS) is 32.9. The third-order valence-electron chi connectivity index (χ3n) is 2.98. The molecule has 14 heavy (non-hydrogen) atoms. The lowest BCUT2D eigenvalue weighted by atomic mass is 9.69. The molecule has 1 heterocycles. The molecule has 1 aliphatic heterocycles. The number of rotatable bonds is 3. The highest BCUT2D eigenvalue weighted by molar-refractivity contribution is 5.91. The topological polar surface area (TPSA) is 75.6 Å². The molecule has 2 unspecified atom stereocenters. The highest BCUT2D eigenvalue weighted by Gasteiger charge is 2.55. The van der Waals surface area contributed by atoms with Crippen molar-refractivity contribution in [1.82, 2.24) is 5.32 Å². The van der Waals surface area contributed by atoms with Crippen LogP contribution in [0.1, 0.15) is 20.3 Å². The van der Waals surface area contributed by atoms with E-state index in [-0.39, 0.29) is 24.3 Å². The molecular formula is C9H15NO4. The number of carbonyl (C=O) groups excluding carboxylic acids is 2. The molecule has 5 heteroatoms. The van der Waals surface area contributed by atoms with Gasteiger partial charge in [-0.2, -0.15) is 0 Å². The molecule has 0 saturated carbocycles. The summed E-state index contributed by atoms with van der Waals surface area (Å²) >= 11 is 0. The zero-order valence-electron chi connectivity index (χ0n) is 8.53. The number of amides is 1. The number of hydrogen-bond acceptors (Lipinski definition) is 4. The molecule has 1 saturated heterocycles. The minimum absolute atomic E-state index is 0.101. The van der Waals surface area contributed by atoms with Crippen LogP contribution in [0.25, 0.3) is 0 Å². The summed E-state index contributed by atoms with van der Waals surface area (Å²) in [5.41, 5.74) is -0.867. The Morgan fingerprint density at radius 2 is 2.36 bits per heavy atom. The van der Waals surface area contributed by atoms with Crippen molar-refractivity contribution in [3.63, 3.8) is 0 Å². The van der Waals surface area contributed by atoms with Gasteiger partial charge in [0.15, 0.2) is 0 Å². The zero-order valence-corrected chi connectivity index (χ0v) is 8.53. The van der Waals surface area contributed by atoms with Crippen molar-refractivity contribution in [3.8, 4) is 0 Å². The van der Waals surface area contributed by atoms with Crippen LogP contribution in [0.15, 0.2) is 0 Å². The zero-order chi connectivity index (χ0) is 10.9. The molecule has 0 radical (unpaired) electrons. The van der Waals surface area contributed by atoms with Gasteiger partial charge in [-0.15, -0.1) is 0 Å². The van der Waals surface area contributed by atoms with Crippen LogP contribution < -0.4 is 5.32 Å². The maximum Gasteiger partial charge on any atom is 0.307 e. The summed E-state index contributed by atoms with van der Waals surface area (Å²) in [6.07, 6.45) is -0.671. The van der Waals surface area contributed by atoms with E-state index in [4.69, 9.17) is 0 Å². The molecular weight excluding hydrogens is 186 g/mol. The Morgan fingerprint density at radius 1 is 1.79 bits per heavy atom. The van der Waals surface area contributed by atoms with Crippen molar-refractivity contribution in [2.24, 2.45) is 5.41 Å². The van der Waals surface area contributed by atoms with Crippen LogP contribution >= 0.6 is 0 Å². The third kappa shape index (κ3) is 1.48. The van der Waals surface area contributed by atoms with E-state index in [0.717, 1.165) is 0 Å². The Kier molecular flexibility index (Phi) is 2.80. The summed E-state index contributed by atoms with van der Waals surface area (Å²) in [4.78, 5) is 22.2. The van der Waals surface area contributed by atoms with E-state index in [1.165, 1.54) is 7.11 Å². The van der Waals surface area contributed by atoms with Crippen molar-refractivity contribution in [2.45, 2.75) is 32.4 Å². The SMILES string of the molecule is COC(=O)CC1NC(=O)[C@]1(C)C(C)O. The summed E-state index contributed by atoms with van der Waals surface area (Å²) in [6.45, 7) is 3.19. The van der Waals surface area contributed by atoms with Crippen molar-refractivity contribution in [3.05, 3.63) is 0 Å². The molecule has 0 aromatic rings. The fourth-order valence-corrected chi connectivity index (χ4v) is 1.54. The molecule has 0 aromatic heterocycles. The van der Waals surface area contributed by atoms with Gasteiger partial charge in [0, 0.05) is 0 Å². The number of nitrogens with one attached hydrogen (secondary N) is 1. The number of carbonyl (C=O) groups is 2. The molecule has 5 nitrogen and oxygen atoms in total. The van der Waals surface area contributed by atoms with Gasteiger partial charge in [-0.25, -0.2) is 0 Å². The van der Waals surface area contributed by atoms with Gasteiger partial charge < -0.3 is 15.2 Å². The molecule has 2 N–H and O–H groups in total. The second-order valence-corrected chi connectivity index (χ2v) is 3.76. The van der Waals surface area contributed by atoms with Gasteiger partial charge in [-0.3, -0.25) is 9.59 Å². The van der Waals surface area contributed by atoms with Gasteiger partial charge in [0.25, 0.3) is 0 Å². The number of hydrogen-bond donors (Lipinski definition) is 2. The summed E-state index contributed by atoms with van der Waals surface area (Å²) in [7, 11) is 1.29. The average molecular weight is 201 g/mol. The molecule has 0 spiro atoms. The molecule has 1 rings (SSSR count). The Balaban J connectivity index is 2.66. The largest absolute Gasteiger partial charge is 0.469 e. The van der Waals surface area contributed by atoms with Gasteiger partial charge >= 0.3 is 5.97 Å². The number of aliphatic hydroxyl groups is 1. The van der Waals surface area contributed by atoms with Crippen molar-refractivity contribution < 1.29 is 19.4 Å². The first kappa shape index (κ1) is 11.0. The molecule has 0 aromatic carbocycles. The predicted molar refractivity (Wildman–Crippen MR) is 48.4 cm³/mol. The van der Waals surface area contributed by atoms with Crippen LogP contribution in [0, 0.1) is 5.41 Å². The van der Waals surface area contributed by atoms with Crippen molar-refractivity contribution in [2.75, 3.05) is 7.11 Å². The average Bonchev–Trinajstić information content (AvgIpc) is 2.15. The van der Waals surface area contributed by atoms with E-state index < -0.39 is 11.5 Å². The summed E-state index contributed by atoms with van der Waals surface area (Å²) in [5, 5.41) is 12.0. The van der Waals surface area contributed by atoms with Crippen molar-refractivity contribution in [1.29, 1.82) is 0 Å². The lowest BCUT2D eigenvalue weighted by Crippen LogP contribution is -2.70. The summed E-state index contributed by atoms with van der Waals surface area (Å²) in [5.74, 6) is -0.608. The highest BCUT2D eigenvalue weighted by Crippen LogP contribution is 2.36.